The molecule has 0 aliphatic rings. The van der Waals surface area contributed by atoms with Gasteiger partial charge in [-0.15, -0.1) is 0 Å². The SMILES string of the molecule is CCCCCC/C=C\C/C=C\CCCCCCCC(=O)OC(COC(=O)CCCCCCCCCCCCCCCCC/C=C\CCCCCCCCCC)COC(OCC[N+](C)(C)C)C(=O)[O-]. The largest absolute Gasteiger partial charge is 0.545 e. The van der Waals surface area contributed by atoms with E-state index in [0.29, 0.717) is 23.9 Å². The molecular weight excluding hydrogens is 851 g/mol. The molecule has 68 heavy (non-hydrogen) atoms. The molecule has 0 aromatic heterocycles. The Bertz CT molecular complexity index is 1210. The van der Waals surface area contributed by atoms with Gasteiger partial charge in [0, 0.05) is 12.8 Å². The maximum atomic E-state index is 12.8. The summed E-state index contributed by atoms with van der Waals surface area (Å²) >= 11 is 0. The maximum absolute atomic E-state index is 12.8. The monoisotopic (exact) mass is 960 g/mol. The number of unbranched alkanes of at least 4 members (excludes halogenated alkanes) is 32. The number of nitrogens with zero attached hydrogens (tertiary/aromatic N) is 1. The molecule has 398 valence electrons. The van der Waals surface area contributed by atoms with Crippen molar-refractivity contribution in [2.75, 3.05) is 47.5 Å². The summed E-state index contributed by atoms with van der Waals surface area (Å²) in [6.07, 6.45) is 57.7. The number of hydrogen-bond donors (Lipinski definition) is 0. The first-order chi connectivity index (χ1) is 33.1. The average molecular weight is 961 g/mol. The zero-order valence-corrected chi connectivity index (χ0v) is 45.2. The molecule has 2 atom stereocenters. The van der Waals surface area contributed by atoms with Crippen LogP contribution in [0.4, 0.5) is 0 Å². The van der Waals surface area contributed by atoms with Crippen molar-refractivity contribution in [1.82, 2.24) is 0 Å². The zero-order chi connectivity index (χ0) is 49.9. The number of esters is 2. The van der Waals surface area contributed by atoms with Crippen LogP contribution in [0.15, 0.2) is 36.5 Å². The molecule has 0 aliphatic carbocycles. The Morgan fingerprint density at radius 1 is 0.441 bits per heavy atom. The fourth-order valence-electron chi connectivity index (χ4n) is 8.15. The summed E-state index contributed by atoms with van der Waals surface area (Å²) in [5.41, 5.74) is 0. The van der Waals surface area contributed by atoms with Crippen molar-refractivity contribution >= 4 is 17.9 Å². The minimum absolute atomic E-state index is 0.146. The molecule has 9 nitrogen and oxygen atoms in total. The fraction of sp³-hybridized carbons (Fsp3) is 0.847. The lowest BCUT2D eigenvalue weighted by atomic mass is 10.0. The van der Waals surface area contributed by atoms with Crippen molar-refractivity contribution in [3.8, 4) is 0 Å². The Labute approximate surface area is 420 Å². The van der Waals surface area contributed by atoms with Gasteiger partial charge in [0.15, 0.2) is 12.4 Å². The lowest BCUT2D eigenvalue weighted by molar-refractivity contribution is -0.870. The van der Waals surface area contributed by atoms with Gasteiger partial charge in [0.1, 0.15) is 13.2 Å². The number of ether oxygens (including phenoxy) is 4. The van der Waals surface area contributed by atoms with Gasteiger partial charge in [-0.3, -0.25) is 9.59 Å². The van der Waals surface area contributed by atoms with Crippen LogP contribution in [-0.2, 0) is 33.3 Å². The molecule has 0 rings (SSSR count). The van der Waals surface area contributed by atoms with Crippen molar-refractivity contribution in [3.05, 3.63) is 36.5 Å². The second-order valence-electron chi connectivity index (χ2n) is 20.6. The third kappa shape index (κ3) is 51.4. The van der Waals surface area contributed by atoms with Crippen LogP contribution in [0.2, 0.25) is 0 Å². The second-order valence-corrected chi connectivity index (χ2v) is 20.6. The van der Waals surface area contributed by atoms with E-state index >= 15 is 0 Å². The molecule has 0 aromatic carbocycles. The second kappa shape index (κ2) is 50.9. The van der Waals surface area contributed by atoms with E-state index in [1.54, 1.807) is 0 Å². The van der Waals surface area contributed by atoms with E-state index in [4.69, 9.17) is 18.9 Å². The Hall–Kier alpha value is -2.49. The van der Waals surface area contributed by atoms with Crippen molar-refractivity contribution in [2.45, 2.75) is 277 Å². The molecule has 2 unspecified atom stereocenters. The van der Waals surface area contributed by atoms with E-state index in [2.05, 4.69) is 50.3 Å². The maximum Gasteiger partial charge on any atom is 0.306 e. The molecule has 0 saturated carbocycles. The molecule has 0 aliphatic heterocycles. The summed E-state index contributed by atoms with van der Waals surface area (Å²) in [6, 6.07) is 0. The molecular formula is C59H109NO8. The smallest absolute Gasteiger partial charge is 0.306 e. The molecule has 0 radical (unpaired) electrons. The highest BCUT2D eigenvalue weighted by atomic mass is 16.7. The first-order valence-electron chi connectivity index (χ1n) is 28.6. The topological polar surface area (TPSA) is 111 Å². The van der Waals surface area contributed by atoms with E-state index in [1.165, 1.54) is 173 Å². The van der Waals surface area contributed by atoms with Gasteiger partial charge in [0.25, 0.3) is 0 Å². The normalized spacial score (nSPS) is 13.0. The average Bonchev–Trinajstić information content (AvgIpc) is 3.30. The standard InChI is InChI=1S/C59H109NO8/c1-6-8-10-12-14-16-18-20-22-24-25-26-27-28-29-30-31-32-33-34-36-37-39-41-43-45-47-49-56(61)66-53-55(54-67-59(58(63)64)65-52-51-60(3,4)5)68-57(62)50-48-46-44-42-40-38-35-23-21-19-17-15-13-11-9-7-2/h17,19,23-25,35,55,59H,6-16,18,20-22,26-34,36-54H2,1-5H3/b19-17-,25-24-,35-23-. The first-order valence-corrected chi connectivity index (χ1v) is 28.6. The minimum Gasteiger partial charge on any atom is -0.545 e. The molecule has 0 N–H and O–H groups in total. The Balaban J connectivity index is 4.18. The third-order valence-electron chi connectivity index (χ3n) is 12.6. The highest BCUT2D eigenvalue weighted by molar-refractivity contribution is 5.70. The number of rotatable bonds is 53. The number of carbonyl (C=O) groups excluding carboxylic acids is 3. The van der Waals surface area contributed by atoms with E-state index in [0.717, 1.165) is 57.8 Å². The Kier molecular flexibility index (Phi) is 49.0. The Morgan fingerprint density at radius 3 is 1.19 bits per heavy atom. The lowest BCUT2D eigenvalue weighted by Crippen LogP contribution is -2.44. The summed E-state index contributed by atoms with van der Waals surface area (Å²) in [5, 5.41) is 11.8. The number of allylic oxidation sites excluding steroid dienone is 6. The van der Waals surface area contributed by atoms with Crippen LogP contribution < -0.4 is 5.11 Å². The van der Waals surface area contributed by atoms with Gasteiger partial charge in [-0.25, -0.2) is 0 Å². The number of hydrogen-bond acceptors (Lipinski definition) is 8. The zero-order valence-electron chi connectivity index (χ0n) is 45.2. The molecule has 0 aromatic rings. The minimum atomic E-state index is -1.62. The molecule has 0 spiro atoms. The summed E-state index contributed by atoms with van der Waals surface area (Å²) in [7, 11) is 5.92. The van der Waals surface area contributed by atoms with Crippen LogP contribution in [0.5, 0.6) is 0 Å². The van der Waals surface area contributed by atoms with Gasteiger partial charge < -0.3 is 33.3 Å². The fourth-order valence-corrected chi connectivity index (χ4v) is 8.15. The van der Waals surface area contributed by atoms with Crippen LogP contribution in [-0.4, -0.2) is 82.3 Å². The van der Waals surface area contributed by atoms with E-state index in [-0.39, 0.29) is 32.2 Å². The van der Waals surface area contributed by atoms with Gasteiger partial charge >= 0.3 is 11.9 Å². The summed E-state index contributed by atoms with van der Waals surface area (Å²) in [6.45, 7) is 4.74. The number of carboxylic acid groups (broad SMARTS) is 1. The van der Waals surface area contributed by atoms with Gasteiger partial charge in [-0.1, -0.05) is 217 Å². The number of carbonyl (C=O) groups is 3. The first kappa shape index (κ1) is 65.5. The van der Waals surface area contributed by atoms with Crippen LogP contribution in [0, 0.1) is 0 Å². The highest BCUT2D eigenvalue weighted by Gasteiger charge is 2.22. The summed E-state index contributed by atoms with van der Waals surface area (Å²) < 4.78 is 22.7. The number of carboxylic acids is 1. The van der Waals surface area contributed by atoms with Crippen LogP contribution in [0.25, 0.3) is 0 Å². The highest BCUT2D eigenvalue weighted by Crippen LogP contribution is 2.16. The molecule has 0 heterocycles. The Morgan fingerprint density at radius 2 is 0.794 bits per heavy atom. The predicted octanol–water partition coefficient (Wildman–Crippen LogP) is 15.2. The van der Waals surface area contributed by atoms with Gasteiger partial charge in [0.05, 0.1) is 40.3 Å². The predicted molar refractivity (Wildman–Crippen MR) is 283 cm³/mol. The number of quaternary nitrogens is 1. The summed E-state index contributed by atoms with van der Waals surface area (Å²) in [5.74, 6) is -2.29. The van der Waals surface area contributed by atoms with Gasteiger partial charge in [0.2, 0.25) is 0 Å². The van der Waals surface area contributed by atoms with Crippen molar-refractivity contribution < 1.29 is 42.9 Å². The van der Waals surface area contributed by atoms with Crippen molar-refractivity contribution in [3.63, 3.8) is 0 Å². The van der Waals surface area contributed by atoms with Crippen LogP contribution >= 0.6 is 0 Å². The van der Waals surface area contributed by atoms with Gasteiger partial charge in [-0.2, -0.15) is 0 Å². The third-order valence-corrected chi connectivity index (χ3v) is 12.6. The van der Waals surface area contributed by atoms with E-state index in [9.17, 15) is 19.5 Å². The van der Waals surface area contributed by atoms with Crippen molar-refractivity contribution in [2.24, 2.45) is 0 Å². The van der Waals surface area contributed by atoms with E-state index < -0.39 is 24.3 Å². The summed E-state index contributed by atoms with van der Waals surface area (Å²) in [4.78, 5) is 37.2. The lowest BCUT2D eigenvalue weighted by Gasteiger charge is -2.26. The number of likely N-dealkylation sites (N-methyl/N-ethyl adjacent to an activating group) is 1. The molecule has 0 amide bonds. The van der Waals surface area contributed by atoms with Gasteiger partial charge in [-0.05, 0) is 70.6 Å². The molecule has 0 saturated heterocycles. The van der Waals surface area contributed by atoms with Crippen molar-refractivity contribution in [1.29, 1.82) is 0 Å². The van der Waals surface area contributed by atoms with Crippen LogP contribution in [0.1, 0.15) is 264 Å². The number of aliphatic carboxylic acids is 1. The molecule has 0 fully saturated rings. The van der Waals surface area contributed by atoms with Crippen LogP contribution in [0.3, 0.4) is 0 Å². The van der Waals surface area contributed by atoms with E-state index in [1.807, 2.05) is 21.1 Å². The molecule has 0 bridgehead atoms. The molecule has 9 heteroatoms. The quantitative estimate of drug-likeness (QED) is 0.0195.